The Labute approximate surface area is 187 Å². The molecule has 0 aliphatic carbocycles. The number of aryl methyl sites for hydroxylation is 1. The zero-order valence-corrected chi connectivity index (χ0v) is 18.6. The van der Waals surface area contributed by atoms with E-state index in [2.05, 4.69) is 62.2 Å². The SMILES string of the molecule is Cc1ccc(NC(=S)Nc2ccc(N)cc2I)cc1-c1ncnc2ccccc12. The summed E-state index contributed by atoms with van der Waals surface area (Å²) in [6.45, 7) is 2.07. The van der Waals surface area contributed by atoms with Crippen molar-refractivity contribution in [2.45, 2.75) is 6.92 Å². The lowest BCUT2D eigenvalue weighted by Crippen LogP contribution is -2.19. The maximum atomic E-state index is 5.82. The molecule has 144 valence electrons. The van der Waals surface area contributed by atoms with E-state index >= 15 is 0 Å². The number of benzene rings is 3. The molecule has 29 heavy (non-hydrogen) atoms. The van der Waals surface area contributed by atoms with Crippen molar-refractivity contribution < 1.29 is 0 Å². The van der Waals surface area contributed by atoms with E-state index in [0.717, 1.165) is 48.4 Å². The molecule has 0 aliphatic heterocycles. The van der Waals surface area contributed by atoms with Crippen LogP contribution < -0.4 is 16.4 Å². The van der Waals surface area contributed by atoms with Crippen LogP contribution in [-0.4, -0.2) is 15.1 Å². The minimum atomic E-state index is 0.509. The highest BCUT2D eigenvalue weighted by molar-refractivity contribution is 14.1. The maximum Gasteiger partial charge on any atom is 0.175 e. The van der Waals surface area contributed by atoms with E-state index in [1.165, 1.54) is 0 Å². The Bertz CT molecular complexity index is 1220. The molecule has 4 rings (SSSR count). The predicted octanol–water partition coefficient (Wildman–Crippen LogP) is 5.60. The van der Waals surface area contributed by atoms with Gasteiger partial charge in [0.1, 0.15) is 6.33 Å². The van der Waals surface area contributed by atoms with Gasteiger partial charge in [0.15, 0.2) is 5.11 Å². The van der Waals surface area contributed by atoms with Crippen molar-refractivity contribution in [3.05, 3.63) is 76.1 Å². The molecule has 0 saturated carbocycles. The maximum absolute atomic E-state index is 5.82. The van der Waals surface area contributed by atoms with Crippen molar-refractivity contribution in [3.8, 4) is 11.3 Å². The second kappa shape index (κ2) is 8.30. The molecule has 3 aromatic carbocycles. The Balaban J connectivity index is 1.62. The summed E-state index contributed by atoms with van der Waals surface area (Å²) in [5.74, 6) is 0. The van der Waals surface area contributed by atoms with E-state index in [1.54, 1.807) is 6.33 Å². The van der Waals surface area contributed by atoms with Gasteiger partial charge in [-0.15, -0.1) is 0 Å². The van der Waals surface area contributed by atoms with Crippen LogP contribution in [0.2, 0.25) is 0 Å². The lowest BCUT2D eigenvalue weighted by Gasteiger charge is -2.14. The van der Waals surface area contributed by atoms with E-state index in [9.17, 15) is 0 Å². The minimum Gasteiger partial charge on any atom is -0.399 e. The molecule has 0 spiro atoms. The van der Waals surface area contributed by atoms with Crippen LogP contribution in [0.25, 0.3) is 22.2 Å². The normalized spacial score (nSPS) is 10.7. The molecule has 1 aromatic heterocycles. The van der Waals surface area contributed by atoms with Gasteiger partial charge < -0.3 is 16.4 Å². The molecule has 0 unspecified atom stereocenters. The first-order chi connectivity index (χ1) is 14.0. The van der Waals surface area contributed by atoms with Crippen molar-refractivity contribution in [1.82, 2.24) is 9.97 Å². The smallest absolute Gasteiger partial charge is 0.175 e. The molecule has 4 aromatic rings. The van der Waals surface area contributed by atoms with Crippen LogP contribution in [0.5, 0.6) is 0 Å². The molecule has 1 heterocycles. The number of nitrogen functional groups attached to an aromatic ring is 1. The molecule has 7 heteroatoms. The van der Waals surface area contributed by atoms with Gasteiger partial charge in [-0.2, -0.15) is 0 Å². The summed E-state index contributed by atoms with van der Waals surface area (Å²) < 4.78 is 1.00. The van der Waals surface area contributed by atoms with Gasteiger partial charge >= 0.3 is 0 Å². The van der Waals surface area contributed by atoms with Gasteiger partial charge in [-0.25, -0.2) is 9.97 Å². The molecule has 0 radical (unpaired) electrons. The van der Waals surface area contributed by atoms with Gasteiger partial charge in [0.2, 0.25) is 0 Å². The first kappa shape index (κ1) is 19.5. The van der Waals surface area contributed by atoms with Gasteiger partial charge in [0, 0.05) is 25.9 Å². The zero-order valence-electron chi connectivity index (χ0n) is 15.6. The fraction of sp³-hybridized carbons (Fsp3) is 0.0455. The second-order valence-corrected chi connectivity index (χ2v) is 8.16. The van der Waals surface area contributed by atoms with Crippen molar-refractivity contribution in [2.24, 2.45) is 0 Å². The van der Waals surface area contributed by atoms with E-state index in [0.29, 0.717) is 5.11 Å². The number of para-hydroxylation sites is 1. The van der Waals surface area contributed by atoms with Crippen LogP contribution in [-0.2, 0) is 0 Å². The summed E-state index contributed by atoms with van der Waals surface area (Å²) in [5, 5.41) is 8.01. The Morgan fingerprint density at radius 2 is 1.83 bits per heavy atom. The average molecular weight is 511 g/mol. The van der Waals surface area contributed by atoms with Gasteiger partial charge in [-0.1, -0.05) is 24.3 Å². The Morgan fingerprint density at radius 1 is 1.00 bits per heavy atom. The number of aromatic nitrogens is 2. The summed E-state index contributed by atoms with van der Waals surface area (Å²) in [5.41, 5.74) is 12.3. The number of rotatable bonds is 3. The molecular weight excluding hydrogens is 493 g/mol. The number of anilines is 3. The third kappa shape index (κ3) is 4.30. The zero-order chi connectivity index (χ0) is 20.4. The molecule has 0 bridgehead atoms. The van der Waals surface area contributed by atoms with E-state index in [-0.39, 0.29) is 0 Å². The topological polar surface area (TPSA) is 75.9 Å². The quantitative estimate of drug-likeness (QED) is 0.189. The number of thiocarbonyl (C=S) groups is 1. The van der Waals surface area contributed by atoms with E-state index in [1.807, 2.05) is 48.5 Å². The van der Waals surface area contributed by atoms with Crippen LogP contribution in [0.3, 0.4) is 0 Å². The summed E-state index contributed by atoms with van der Waals surface area (Å²) in [6, 6.07) is 19.8. The highest BCUT2D eigenvalue weighted by Crippen LogP contribution is 2.30. The molecule has 0 aliphatic rings. The molecule has 0 fully saturated rings. The summed E-state index contributed by atoms with van der Waals surface area (Å²) in [7, 11) is 0. The molecule has 0 amide bonds. The van der Waals surface area contributed by atoms with E-state index < -0.39 is 0 Å². The van der Waals surface area contributed by atoms with Crippen molar-refractivity contribution in [3.63, 3.8) is 0 Å². The van der Waals surface area contributed by atoms with Gasteiger partial charge in [-0.3, -0.25) is 0 Å². The number of nitrogens with two attached hydrogens (primary N) is 1. The highest BCUT2D eigenvalue weighted by Gasteiger charge is 2.11. The van der Waals surface area contributed by atoms with Crippen LogP contribution in [0.1, 0.15) is 5.56 Å². The fourth-order valence-corrected chi connectivity index (χ4v) is 3.99. The summed E-state index contributed by atoms with van der Waals surface area (Å²) in [6.07, 6.45) is 1.60. The molecule has 4 N–H and O–H groups in total. The van der Waals surface area contributed by atoms with E-state index in [4.69, 9.17) is 18.0 Å². The second-order valence-electron chi connectivity index (χ2n) is 6.59. The van der Waals surface area contributed by atoms with Gasteiger partial charge in [0.25, 0.3) is 0 Å². The van der Waals surface area contributed by atoms with Crippen molar-refractivity contribution in [2.75, 3.05) is 16.4 Å². The molecule has 0 atom stereocenters. The monoisotopic (exact) mass is 511 g/mol. The lowest BCUT2D eigenvalue weighted by molar-refractivity contribution is 1.22. The predicted molar refractivity (Wildman–Crippen MR) is 133 cm³/mol. The largest absolute Gasteiger partial charge is 0.399 e. The first-order valence-corrected chi connectivity index (χ1v) is 10.4. The van der Waals surface area contributed by atoms with Gasteiger partial charge in [-0.05, 0) is 83.7 Å². The van der Waals surface area contributed by atoms with Gasteiger partial charge in [0.05, 0.1) is 16.9 Å². The van der Waals surface area contributed by atoms with Crippen LogP contribution in [0.15, 0.2) is 67.0 Å². The number of fused-ring (bicyclic) bond motifs is 1. The lowest BCUT2D eigenvalue weighted by atomic mass is 10.0. The first-order valence-electron chi connectivity index (χ1n) is 8.95. The highest BCUT2D eigenvalue weighted by atomic mass is 127. The Hall–Kier alpha value is -2.78. The number of nitrogens with zero attached hydrogens (tertiary/aromatic N) is 2. The van der Waals surface area contributed by atoms with Crippen LogP contribution in [0, 0.1) is 10.5 Å². The number of nitrogens with one attached hydrogen (secondary N) is 2. The Morgan fingerprint density at radius 3 is 2.66 bits per heavy atom. The molecular formula is C22H18IN5S. The Kier molecular flexibility index (Phi) is 5.59. The molecule has 5 nitrogen and oxygen atoms in total. The van der Waals surface area contributed by atoms with Crippen molar-refractivity contribution >= 4 is 67.9 Å². The average Bonchev–Trinajstić information content (AvgIpc) is 2.71. The van der Waals surface area contributed by atoms with Crippen LogP contribution in [0.4, 0.5) is 17.1 Å². The number of halogens is 1. The fourth-order valence-electron chi connectivity index (χ4n) is 3.09. The summed E-state index contributed by atoms with van der Waals surface area (Å²) in [4.78, 5) is 8.91. The number of hydrogen-bond acceptors (Lipinski definition) is 4. The van der Waals surface area contributed by atoms with Crippen molar-refractivity contribution in [1.29, 1.82) is 0 Å². The molecule has 0 saturated heterocycles. The minimum absolute atomic E-state index is 0.509. The summed E-state index contributed by atoms with van der Waals surface area (Å²) >= 11 is 7.73. The van der Waals surface area contributed by atoms with Crippen LogP contribution >= 0.6 is 34.8 Å². The third-order valence-electron chi connectivity index (χ3n) is 4.53. The third-order valence-corrected chi connectivity index (χ3v) is 5.63. The standard InChI is InChI=1S/C22H18IN5S/c1-13-6-8-15(27-22(29)28-20-9-7-14(24)10-18(20)23)11-17(13)21-16-4-2-3-5-19(16)25-12-26-21/h2-12H,24H2,1H3,(H2,27,28,29). The number of hydrogen-bond donors (Lipinski definition) is 3.